The summed E-state index contributed by atoms with van der Waals surface area (Å²) in [6.45, 7) is 6.32. The SMILES string of the molecule is CCSC1CCC(N(C)C(=O)CCc2c(C)nn(C)c2C)C1. The monoisotopic (exact) mass is 323 g/mol. The molecule has 0 aliphatic heterocycles. The molecule has 0 aromatic carbocycles. The topological polar surface area (TPSA) is 38.1 Å². The van der Waals surface area contributed by atoms with Crippen LogP contribution in [0.25, 0.3) is 0 Å². The van der Waals surface area contributed by atoms with Gasteiger partial charge in [0.2, 0.25) is 5.91 Å². The zero-order valence-corrected chi connectivity index (χ0v) is 15.4. The molecule has 1 heterocycles. The van der Waals surface area contributed by atoms with Gasteiger partial charge in [0.25, 0.3) is 0 Å². The van der Waals surface area contributed by atoms with Crippen LogP contribution < -0.4 is 0 Å². The second kappa shape index (κ2) is 7.53. The first kappa shape index (κ1) is 17.4. The first-order chi connectivity index (χ1) is 10.4. The lowest BCUT2D eigenvalue weighted by Gasteiger charge is -2.25. The minimum Gasteiger partial charge on any atom is -0.343 e. The number of carbonyl (C=O) groups excluding carboxylic acids is 1. The Labute approximate surface area is 138 Å². The highest BCUT2D eigenvalue weighted by molar-refractivity contribution is 7.99. The lowest BCUT2D eigenvalue weighted by molar-refractivity contribution is -0.131. The second-order valence-electron chi connectivity index (χ2n) is 6.32. The van der Waals surface area contributed by atoms with E-state index in [9.17, 15) is 4.79 Å². The number of aromatic nitrogens is 2. The van der Waals surface area contributed by atoms with E-state index in [1.807, 2.05) is 42.4 Å². The van der Waals surface area contributed by atoms with Crippen molar-refractivity contribution < 1.29 is 4.79 Å². The summed E-state index contributed by atoms with van der Waals surface area (Å²) in [6, 6.07) is 0.438. The molecule has 1 fully saturated rings. The fraction of sp³-hybridized carbons (Fsp3) is 0.765. The maximum absolute atomic E-state index is 12.5. The minimum absolute atomic E-state index is 0.273. The smallest absolute Gasteiger partial charge is 0.222 e. The Kier molecular flexibility index (Phi) is 5.95. The quantitative estimate of drug-likeness (QED) is 0.807. The first-order valence-electron chi connectivity index (χ1n) is 8.30. The van der Waals surface area contributed by atoms with Crippen molar-refractivity contribution in [3.8, 4) is 0 Å². The molecule has 4 nitrogen and oxygen atoms in total. The molecule has 0 saturated heterocycles. The van der Waals surface area contributed by atoms with E-state index in [0.29, 0.717) is 12.5 Å². The van der Waals surface area contributed by atoms with Gasteiger partial charge in [-0.1, -0.05) is 6.92 Å². The van der Waals surface area contributed by atoms with Crippen molar-refractivity contribution >= 4 is 17.7 Å². The summed E-state index contributed by atoms with van der Waals surface area (Å²) < 4.78 is 1.91. The summed E-state index contributed by atoms with van der Waals surface area (Å²) in [4.78, 5) is 14.5. The summed E-state index contributed by atoms with van der Waals surface area (Å²) in [5.41, 5.74) is 3.46. The van der Waals surface area contributed by atoms with Gasteiger partial charge in [-0.15, -0.1) is 0 Å². The van der Waals surface area contributed by atoms with Crippen LogP contribution in [0.1, 0.15) is 49.6 Å². The molecule has 0 spiro atoms. The molecule has 22 heavy (non-hydrogen) atoms. The Morgan fingerprint density at radius 2 is 2.14 bits per heavy atom. The third-order valence-corrected chi connectivity index (χ3v) is 6.18. The van der Waals surface area contributed by atoms with E-state index in [1.165, 1.54) is 23.4 Å². The normalized spacial score (nSPS) is 21.3. The number of carbonyl (C=O) groups is 1. The van der Waals surface area contributed by atoms with Crippen molar-refractivity contribution in [2.45, 2.75) is 64.2 Å². The van der Waals surface area contributed by atoms with Gasteiger partial charge in [-0.25, -0.2) is 0 Å². The van der Waals surface area contributed by atoms with Gasteiger partial charge in [-0.2, -0.15) is 16.9 Å². The highest BCUT2D eigenvalue weighted by atomic mass is 32.2. The fourth-order valence-corrected chi connectivity index (χ4v) is 4.58. The molecule has 2 unspecified atom stereocenters. The van der Waals surface area contributed by atoms with E-state index >= 15 is 0 Å². The second-order valence-corrected chi connectivity index (χ2v) is 7.90. The molecule has 1 aliphatic rings. The molecular weight excluding hydrogens is 294 g/mol. The maximum Gasteiger partial charge on any atom is 0.222 e. The number of aryl methyl sites for hydroxylation is 2. The van der Waals surface area contributed by atoms with Crippen LogP contribution in [0.15, 0.2) is 0 Å². The van der Waals surface area contributed by atoms with Gasteiger partial charge in [0.05, 0.1) is 5.69 Å². The number of rotatable bonds is 6. The van der Waals surface area contributed by atoms with Crippen LogP contribution in [0, 0.1) is 13.8 Å². The number of amides is 1. The Hall–Kier alpha value is -0.970. The molecule has 124 valence electrons. The summed E-state index contributed by atoms with van der Waals surface area (Å²) in [5.74, 6) is 1.45. The summed E-state index contributed by atoms with van der Waals surface area (Å²) >= 11 is 2.04. The van der Waals surface area contributed by atoms with Crippen molar-refractivity contribution in [1.82, 2.24) is 14.7 Å². The van der Waals surface area contributed by atoms with Crippen molar-refractivity contribution in [2.75, 3.05) is 12.8 Å². The van der Waals surface area contributed by atoms with Crippen LogP contribution in [0.3, 0.4) is 0 Å². The van der Waals surface area contributed by atoms with Gasteiger partial charge >= 0.3 is 0 Å². The lowest BCUT2D eigenvalue weighted by Crippen LogP contribution is -2.35. The zero-order valence-electron chi connectivity index (χ0n) is 14.6. The van der Waals surface area contributed by atoms with E-state index in [0.717, 1.165) is 30.2 Å². The van der Waals surface area contributed by atoms with E-state index in [4.69, 9.17) is 0 Å². The Morgan fingerprint density at radius 1 is 1.41 bits per heavy atom. The maximum atomic E-state index is 12.5. The molecule has 0 bridgehead atoms. The first-order valence-corrected chi connectivity index (χ1v) is 9.35. The molecule has 0 radical (unpaired) electrons. The predicted molar refractivity (Wildman–Crippen MR) is 93.3 cm³/mol. The molecule has 1 saturated carbocycles. The Bertz CT molecular complexity index is 526. The van der Waals surface area contributed by atoms with Crippen molar-refractivity contribution in [1.29, 1.82) is 0 Å². The molecule has 0 N–H and O–H groups in total. The summed E-state index contributed by atoms with van der Waals surface area (Å²) in [7, 11) is 3.94. The summed E-state index contributed by atoms with van der Waals surface area (Å²) in [6.07, 6.45) is 4.96. The number of hydrogen-bond acceptors (Lipinski definition) is 3. The zero-order chi connectivity index (χ0) is 16.3. The number of nitrogens with zero attached hydrogens (tertiary/aromatic N) is 3. The van der Waals surface area contributed by atoms with E-state index < -0.39 is 0 Å². The van der Waals surface area contributed by atoms with Gasteiger partial charge < -0.3 is 4.90 Å². The van der Waals surface area contributed by atoms with Crippen LogP contribution in [-0.4, -0.2) is 44.7 Å². The van der Waals surface area contributed by atoms with Crippen LogP contribution in [0.4, 0.5) is 0 Å². The van der Waals surface area contributed by atoms with Gasteiger partial charge in [0.1, 0.15) is 0 Å². The van der Waals surface area contributed by atoms with Gasteiger partial charge in [-0.05, 0) is 50.8 Å². The molecule has 1 aromatic rings. The molecule has 2 atom stereocenters. The molecular formula is C17H29N3OS. The Morgan fingerprint density at radius 3 is 2.73 bits per heavy atom. The highest BCUT2D eigenvalue weighted by Crippen LogP contribution is 2.32. The van der Waals surface area contributed by atoms with Crippen LogP contribution >= 0.6 is 11.8 Å². The third kappa shape index (κ3) is 3.86. The van der Waals surface area contributed by atoms with Crippen LogP contribution in [0.2, 0.25) is 0 Å². The Balaban J connectivity index is 1.87. The standard InChI is InChI=1S/C17H29N3OS/c1-6-22-15-8-7-14(11-15)19(4)17(21)10-9-16-12(2)18-20(5)13(16)3/h14-15H,6-11H2,1-5H3. The minimum atomic E-state index is 0.273. The fourth-order valence-electron chi connectivity index (χ4n) is 3.45. The number of hydrogen-bond donors (Lipinski definition) is 0. The van der Waals surface area contributed by atoms with E-state index in [1.54, 1.807) is 0 Å². The van der Waals surface area contributed by atoms with Crippen LogP contribution in [-0.2, 0) is 18.3 Å². The average Bonchev–Trinajstić information content (AvgIpc) is 3.03. The molecule has 2 rings (SSSR count). The van der Waals surface area contributed by atoms with Crippen molar-refractivity contribution in [3.05, 3.63) is 17.0 Å². The lowest BCUT2D eigenvalue weighted by atomic mass is 10.1. The third-order valence-electron chi connectivity index (χ3n) is 4.95. The van der Waals surface area contributed by atoms with Gasteiger partial charge in [0.15, 0.2) is 0 Å². The predicted octanol–water partition coefficient (Wildman–Crippen LogP) is 3.10. The highest BCUT2D eigenvalue weighted by Gasteiger charge is 2.29. The molecule has 1 aliphatic carbocycles. The number of thioether (sulfide) groups is 1. The van der Waals surface area contributed by atoms with Gasteiger partial charge in [0, 0.05) is 37.5 Å². The van der Waals surface area contributed by atoms with Gasteiger partial charge in [-0.3, -0.25) is 9.48 Å². The van der Waals surface area contributed by atoms with Crippen molar-refractivity contribution in [3.63, 3.8) is 0 Å². The van der Waals surface area contributed by atoms with E-state index in [2.05, 4.69) is 18.9 Å². The molecule has 1 amide bonds. The summed E-state index contributed by atoms with van der Waals surface area (Å²) in [5, 5.41) is 5.17. The molecule has 1 aromatic heterocycles. The van der Waals surface area contributed by atoms with Crippen LogP contribution in [0.5, 0.6) is 0 Å². The largest absolute Gasteiger partial charge is 0.343 e. The van der Waals surface area contributed by atoms with Crippen molar-refractivity contribution in [2.24, 2.45) is 7.05 Å². The molecule has 5 heteroatoms. The van der Waals surface area contributed by atoms with E-state index in [-0.39, 0.29) is 5.91 Å². The average molecular weight is 324 g/mol.